The Labute approximate surface area is 187 Å². The summed E-state index contributed by atoms with van der Waals surface area (Å²) in [5.74, 6) is 0.0422. The number of benzene rings is 1. The lowest BCUT2D eigenvalue weighted by molar-refractivity contribution is -0.131. The highest BCUT2D eigenvalue weighted by molar-refractivity contribution is 6.34. The Hall–Kier alpha value is -3.07. The molecule has 32 heavy (non-hydrogen) atoms. The number of carbonyl (C=O) groups excluding carboxylic acids is 1. The van der Waals surface area contributed by atoms with E-state index >= 15 is 0 Å². The molecule has 1 saturated carbocycles. The number of carbonyl (C=O) groups is 1. The van der Waals surface area contributed by atoms with Gasteiger partial charge in [-0.3, -0.25) is 9.20 Å². The number of allylic oxidation sites excluding steroid dienone is 1. The molecular weight excluding hydrogens is 443 g/mol. The van der Waals surface area contributed by atoms with E-state index in [2.05, 4.69) is 20.6 Å². The molecule has 2 heterocycles. The van der Waals surface area contributed by atoms with E-state index in [0.717, 1.165) is 12.8 Å². The third-order valence-corrected chi connectivity index (χ3v) is 5.28. The molecule has 168 valence electrons. The average molecular weight is 464 g/mol. The van der Waals surface area contributed by atoms with Gasteiger partial charge in [0.2, 0.25) is 0 Å². The topological polar surface area (TPSA) is 71.3 Å². The van der Waals surface area contributed by atoms with Crippen molar-refractivity contribution in [3.8, 4) is 11.3 Å². The van der Waals surface area contributed by atoms with Crippen LogP contribution >= 0.6 is 11.6 Å². The van der Waals surface area contributed by atoms with Crippen molar-refractivity contribution in [3.63, 3.8) is 0 Å². The summed E-state index contributed by atoms with van der Waals surface area (Å²) in [7, 11) is 0. The Bertz CT molecular complexity index is 1180. The van der Waals surface area contributed by atoms with Crippen molar-refractivity contribution in [2.75, 3.05) is 11.9 Å². The predicted octanol–water partition coefficient (Wildman–Crippen LogP) is 5.34. The molecule has 0 unspecified atom stereocenters. The molecular formula is C22H21ClF3N5O. The minimum absolute atomic E-state index is 0.210. The van der Waals surface area contributed by atoms with Gasteiger partial charge in [-0.1, -0.05) is 23.7 Å². The SMILES string of the molecule is C/C=C/c1cn2c(-c3ccc(C(=O)NC4CC4)c(Cl)c3)cnc2c(NCCC(F)(F)F)n1. The summed E-state index contributed by atoms with van der Waals surface area (Å²) in [4.78, 5) is 21.1. The van der Waals surface area contributed by atoms with Crippen LogP contribution in [0.25, 0.3) is 23.0 Å². The molecule has 10 heteroatoms. The van der Waals surface area contributed by atoms with E-state index in [1.807, 2.05) is 6.92 Å². The first kappa shape index (κ1) is 22.1. The van der Waals surface area contributed by atoms with Crippen molar-refractivity contribution < 1.29 is 18.0 Å². The van der Waals surface area contributed by atoms with Gasteiger partial charge in [-0.25, -0.2) is 9.97 Å². The van der Waals surface area contributed by atoms with Crippen LogP contribution < -0.4 is 10.6 Å². The van der Waals surface area contributed by atoms with Gasteiger partial charge in [0.15, 0.2) is 11.5 Å². The molecule has 0 atom stereocenters. The number of rotatable bonds is 7. The van der Waals surface area contributed by atoms with E-state index in [4.69, 9.17) is 11.6 Å². The van der Waals surface area contributed by atoms with Gasteiger partial charge < -0.3 is 10.6 Å². The highest BCUT2D eigenvalue weighted by Crippen LogP contribution is 2.29. The fraction of sp³-hybridized carbons (Fsp3) is 0.318. The third-order valence-electron chi connectivity index (χ3n) is 4.97. The molecule has 2 aromatic heterocycles. The number of imidazole rings is 1. The number of halogens is 4. The fourth-order valence-electron chi connectivity index (χ4n) is 3.26. The summed E-state index contributed by atoms with van der Waals surface area (Å²) < 4.78 is 39.4. The highest BCUT2D eigenvalue weighted by Gasteiger charge is 2.27. The molecule has 0 saturated heterocycles. The molecule has 0 bridgehead atoms. The van der Waals surface area contributed by atoms with Gasteiger partial charge in [-0.05, 0) is 38.0 Å². The van der Waals surface area contributed by atoms with Crippen LogP contribution in [-0.4, -0.2) is 39.0 Å². The second-order valence-electron chi connectivity index (χ2n) is 7.59. The zero-order valence-corrected chi connectivity index (χ0v) is 18.0. The van der Waals surface area contributed by atoms with Crippen LogP contribution in [0.1, 0.15) is 42.2 Å². The molecule has 1 aliphatic rings. The van der Waals surface area contributed by atoms with Crippen LogP contribution in [-0.2, 0) is 0 Å². The number of alkyl halides is 3. The van der Waals surface area contributed by atoms with E-state index in [1.54, 1.807) is 47.1 Å². The number of fused-ring (bicyclic) bond motifs is 1. The van der Waals surface area contributed by atoms with Gasteiger partial charge in [0.05, 0.1) is 34.6 Å². The van der Waals surface area contributed by atoms with Crippen molar-refractivity contribution in [1.82, 2.24) is 19.7 Å². The molecule has 0 aliphatic heterocycles. The Morgan fingerprint density at radius 2 is 2.12 bits per heavy atom. The van der Waals surface area contributed by atoms with Crippen LogP contribution in [0.2, 0.25) is 5.02 Å². The van der Waals surface area contributed by atoms with E-state index in [0.29, 0.717) is 33.2 Å². The van der Waals surface area contributed by atoms with Crippen LogP contribution in [0, 0.1) is 0 Å². The van der Waals surface area contributed by atoms with Gasteiger partial charge in [-0.15, -0.1) is 0 Å². The van der Waals surface area contributed by atoms with Crippen LogP contribution in [0.4, 0.5) is 19.0 Å². The molecule has 0 radical (unpaired) electrons. The summed E-state index contributed by atoms with van der Waals surface area (Å²) in [6, 6.07) is 5.33. The minimum atomic E-state index is -4.27. The van der Waals surface area contributed by atoms with E-state index in [1.165, 1.54) is 0 Å². The number of hydrogen-bond acceptors (Lipinski definition) is 4. The number of aromatic nitrogens is 3. The van der Waals surface area contributed by atoms with Gasteiger partial charge in [0.1, 0.15) is 0 Å². The summed E-state index contributed by atoms with van der Waals surface area (Å²) in [6.07, 6.45) is 3.58. The zero-order valence-electron chi connectivity index (χ0n) is 17.2. The molecule has 3 aromatic rings. The maximum Gasteiger partial charge on any atom is 0.390 e. The summed E-state index contributed by atoms with van der Waals surface area (Å²) in [5.41, 5.74) is 2.72. The van der Waals surface area contributed by atoms with Crippen LogP contribution in [0.15, 0.2) is 36.7 Å². The molecule has 2 N–H and O–H groups in total. The lowest BCUT2D eigenvalue weighted by atomic mass is 10.1. The smallest absolute Gasteiger partial charge is 0.367 e. The van der Waals surface area contributed by atoms with E-state index < -0.39 is 12.6 Å². The average Bonchev–Trinajstić information content (AvgIpc) is 3.42. The van der Waals surface area contributed by atoms with E-state index in [9.17, 15) is 18.0 Å². The predicted molar refractivity (Wildman–Crippen MR) is 118 cm³/mol. The number of nitrogens with zero attached hydrogens (tertiary/aromatic N) is 3. The third kappa shape index (κ3) is 5.04. The summed E-state index contributed by atoms with van der Waals surface area (Å²) >= 11 is 6.39. The quantitative estimate of drug-likeness (QED) is 0.496. The fourth-order valence-corrected chi connectivity index (χ4v) is 3.53. The second-order valence-corrected chi connectivity index (χ2v) is 7.99. The van der Waals surface area contributed by atoms with Crippen molar-refractivity contribution in [3.05, 3.63) is 52.9 Å². The first-order valence-electron chi connectivity index (χ1n) is 10.2. The number of nitrogens with one attached hydrogen (secondary N) is 2. The van der Waals surface area contributed by atoms with Gasteiger partial charge in [-0.2, -0.15) is 13.2 Å². The van der Waals surface area contributed by atoms with Crippen LogP contribution in [0.3, 0.4) is 0 Å². The van der Waals surface area contributed by atoms with Crippen molar-refractivity contribution in [2.45, 2.75) is 38.4 Å². The van der Waals surface area contributed by atoms with Crippen molar-refractivity contribution in [2.24, 2.45) is 0 Å². The maximum absolute atomic E-state index is 12.6. The summed E-state index contributed by atoms with van der Waals surface area (Å²) in [5, 5.41) is 5.96. The molecule has 1 fully saturated rings. The number of anilines is 1. The van der Waals surface area contributed by atoms with E-state index in [-0.39, 0.29) is 24.3 Å². The minimum Gasteiger partial charge on any atom is -0.367 e. The summed E-state index contributed by atoms with van der Waals surface area (Å²) in [6.45, 7) is 1.51. The zero-order chi connectivity index (χ0) is 22.9. The Kier molecular flexibility index (Phi) is 6.10. The number of amides is 1. The molecule has 0 spiro atoms. The first-order valence-corrected chi connectivity index (χ1v) is 10.5. The monoisotopic (exact) mass is 463 g/mol. The lowest BCUT2D eigenvalue weighted by Gasteiger charge is -2.11. The van der Waals surface area contributed by atoms with Crippen molar-refractivity contribution in [1.29, 1.82) is 0 Å². The van der Waals surface area contributed by atoms with Gasteiger partial charge in [0, 0.05) is 24.3 Å². The second kappa shape index (κ2) is 8.82. The van der Waals surface area contributed by atoms with Gasteiger partial charge in [0.25, 0.3) is 5.91 Å². The normalized spacial score (nSPS) is 14.3. The van der Waals surface area contributed by atoms with Gasteiger partial charge >= 0.3 is 6.18 Å². The standard InChI is InChI=1S/C22H21ClF3N5O/c1-2-3-15-12-31-18(11-28-20(31)19(29-15)27-9-8-22(24,25)26)13-4-7-16(17(23)10-13)21(32)30-14-5-6-14/h2-4,7,10-12,14H,5-6,8-9H2,1H3,(H,27,29)(H,30,32)/b3-2+. The molecule has 1 aliphatic carbocycles. The number of hydrogen-bond donors (Lipinski definition) is 2. The lowest BCUT2D eigenvalue weighted by Crippen LogP contribution is -2.25. The van der Waals surface area contributed by atoms with Crippen LogP contribution in [0.5, 0.6) is 0 Å². The molecule has 4 rings (SSSR count). The Morgan fingerprint density at radius 3 is 2.78 bits per heavy atom. The Morgan fingerprint density at radius 1 is 1.34 bits per heavy atom. The Balaban J connectivity index is 1.68. The highest BCUT2D eigenvalue weighted by atomic mass is 35.5. The molecule has 1 aromatic carbocycles. The molecule has 1 amide bonds. The largest absolute Gasteiger partial charge is 0.390 e. The maximum atomic E-state index is 12.6. The molecule has 6 nitrogen and oxygen atoms in total. The first-order chi connectivity index (χ1) is 15.2. The van der Waals surface area contributed by atoms with Crippen molar-refractivity contribution >= 4 is 35.0 Å².